The molecule has 0 amide bonds. The molecule has 7 nitrogen and oxygen atoms in total. The van der Waals surface area contributed by atoms with Crippen LogP contribution in [0.2, 0.25) is 5.02 Å². The van der Waals surface area contributed by atoms with E-state index in [9.17, 15) is 4.79 Å². The minimum absolute atomic E-state index is 0.162. The minimum Gasteiger partial charge on any atom is -0.493 e. The molecule has 1 heterocycles. The van der Waals surface area contributed by atoms with Gasteiger partial charge in [0.15, 0.2) is 18.1 Å². The van der Waals surface area contributed by atoms with Crippen LogP contribution in [-0.4, -0.2) is 30.4 Å². The monoisotopic (exact) mass is 414 g/mol. The second-order valence-corrected chi connectivity index (χ2v) is 6.38. The fourth-order valence-corrected chi connectivity index (χ4v) is 2.83. The van der Waals surface area contributed by atoms with Crippen LogP contribution in [-0.2, 0) is 17.8 Å². The lowest BCUT2D eigenvalue weighted by Gasteiger charge is -2.13. The maximum atomic E-state index is 12.5. The second-order valence-electron chi connectivity index (χ2n) is 5.95. The van der Waals surface area contributed by atoms with E-state index in [1.54, 1.807) is 42.5 Å². The van der Waals surface area contributed by atoms with E-state index in [0.29, 0.717) is 40.0 Å². The largest absolute Gasteiger partial charge is 0.493 e. The Kier molecular flexibility index (Phi) is 6.51. The molecule has 0 aliphatic rings. The fraction of sp³-hybridized carbons (Fsp3) is 0.190. The molecule has 1 aromatic heterocycles. The van der Waals surface area contributed by atoms with Gasteiger partial charge in [-0.1, -0.05) is 17.7 Å². The number of benzene rings is 2. The summed E-state index contributed by atoms with van der Waals surface area (Å²) in [6.45, 7) is 3.56. The number of methoxy groups -OCH3 is 2. The van der Waals surface area contributed by atoms with Crippen molar-refractivity contribution < 1.29 is 23.4 Å². The van der Waals surface area contributed by atoms with Gasteiger partial charge in [0.25, 0.3) is 5.89 Å². The number of carbonyl (C=O) groups excluding carboxylic acids is 1. The summed E-state index contributed by atoms with van der Waals surface area (Å²) in [5, 5.41) is 8.47. The van der Waals surface area contributed by atoms with Crippen LogP contribution in [0.5, 0.6) is 11.5 Å². The molecule has 0 bridgehead atoms. The number of allylic oxidation sites excluding steroid dienone is 1. The molecular formula is C21H19ClN2O5. The SMILES string of the molecule is C=CCc1cc(C(=O)OCc2nnc(-c3ccc(Cl)cc3)o2)cc(OC)c1OC. The highest BCUT2D eigenvalue weighted by molar-refractivity contribution is 6.30. The van der Waals surface area contributed by atoms with E-state index in [1.165, 1.54) is 14.2 Å². The third-order valence-corrected chi connectivity index (χ3v) is 4.29. The number of ether oxygens (including phenoxy) is 3. The summed E-state index contributed by atoms with van der Waals surface area (Å²) in [5.41, 5.74) is 1.79. The normalized spacial score (nSPS) is 10.4. The van der Waals surface area contributed by atoms with Gasteiger partial charge < -0.3 is 18.6 Å². The van der Waals surface area contributed by atoms with E-state index in [4.69, 9.17) is 30.2 Å². The topological polar surface area (TPSA) is 83.7 Å². The van der Waals surface area contributed by atoms with E-state index in [2.05, 4.69) is 16.8 Å². The summed E-state index contributed by atoms with van der Waals surface area (Å²) in [6.07, 6.45) is 2.22. The zero-order valence-corrected chi connectivity index (χ0v) is 16.7. The Hall–Kier alpha value is -3.32. The summed E-state index contributed by atoms with van der Waals surface area (Å²) in [5.74, 6) is 0.916. The molecule has 0 N–H and O–H groups in total. The molecule has 3 aromatic rings. The van der Waals surface area contributed by atoms with Crippen LogP contribution in [0.25, 0.3) is 11.5 Å². The van der Waals surface area contributed by atoms with Gasteiger partial charge in [-0.3, -0.25) is 0 Å². The molecule has 0 radical (unpaired) electrons. The van der Waals surface area contributed by atoms with Gasteiger partial charge in [-0.25, -0.2) is 4.79 Å². The molecule has 0 aliphatic carbocycles. The molecule has 3 rings (SSSR count). The van der Waals surface area contributed by atoms with Crippen LogP contribution in [0.3, 0.4) is 0 Å². The Morgan fingerprint density at radius 2 is 1.93 bits per heavy atom. The first-order valence-electron chi connectivity index (χ1n) is 8.67. The van der Waals surface area contributed by atoms with Crippen LogP contribution in [0, 0.1) is 0 Å². The minimum atomic E-state index is -0.553. The van der Waals surface area contributed by atoms with Crippen LogP contribution in [0.1, 0.15) is 21.8 Å². The number of nitrogens with zero attached hydrogens (tertiary/aromatic N) is 2. The smallest absolute Gasteiger partial charge is 0.338 e. The first-order chi connectivity index (χ1) is 14.0. The molecule has 0 unspecified atom stereocenters. The lowest BCUT2D eigenvalue weighted by Crippen LogP contribution is -2.07. The van der Waals surface area contributed by atoms with E-state index in [0.717, 1.165) is 5.56 Å². The van der Waals surface area contributed by atoms with Crippen LogP contribution in [0.15, 0.2) is 53.5 Å². The van der Waals surface area contributed by atoms with Gasteiger partial charge in [-0.15, -0.1) is 16.8 Å². The van der Waals surface area contributed by atoms with Gasteiger partial charge in [0.05, 0.1) is 19.8 Å². The highest BCUT2D eigenvalue weighted by Crippen LogP contribution is 2.33. The van der Waals surface area contributed by atoms with Crippen molar-refractivity contribution in [2.24, 2.45) is 0 Å². The molecule has 0 saturated heterocycles. The van der Waals surface area contributed by atoms with Crippen molar-refractivity contribution >= 4 is 17.6 Å². The molecule has 150 valence electrons. The van der Waals surface area contributed by atoms with Crippen LogP contribution in [0.4, 0.5) is 0 Å². The van der Waals surface area contributed by atoms with Gasteiger partial charge in [-0.05, 0) is 42.8 Å². The summed E-state index contributed by atoms with van der Waals surface area (Å²) in [7, 11) is 3.04. The average molecular weight is 415 g/mol. The van der Waals surface area contributed by atoms with Crippen LogP contribution < -0.4 is 9.47 Å². The number of carbonyl (C=O) groups is 1. The lowest BCUT2D eigenvalue weighted by atomic mass is 10.1. The summed E-state index contributed by atoms with van der Waals surface area (Å²) < 4.78 is 21.5. The molecule has 0 fully saturated rings. The Labute approximate surface area is 172 Å². The highest BCUT2D eigenvalue weighted by atomic mass is 35.5. The zero-order valence-electron chi connectivity index (χ0n) is 16.0. The van der Waals surface area contributed by atoms with Gasteiger partial charge >= 0.3 is 5.97 Å². The molecule has 0 aliphatic heterocycles. The highest BCUT2D eigenvalue weighted by Gasteiger charge is 2.18. The third-order valence-electron chi connectivity index (χ3n) is 4.04. The molecule has 0 atom stereocenters. The van der Waals surface area contributed by atoms with E-state index >= 15 is 0 Å². The molecule has 0 spiro atoms. The van der Waals surface area contributed by atoms with Crippen molar-refractivity contribution in [3.05, 3.63) is 71.1 Å². The lowest BCUT2D eigenvalue weighted by molar-refractivity contribution is 0.0438. The van der Waals surface area contributed by atoms with Crippen LogP contribution >= 0.6 is 11.6 Å². The van der Waals surface area contributed by atoms with E-state index in [1.807, 2.05) is 0 Å². The van der Waals surface area contributed by atoms with E-state index < -0.39 is 5.97 Å². The Bertz CT molecular complexity index is 1010. The standard InChI is InChI=1S/C21H19ClN2O5/c1-4-5-14-10-15(11-17(26-2)19(14)27-3)21(25)28-12-18-23-24-20(29-18)13-6-8-16(22)9-7-13/h4,6-11H,1,5,12H2,2-3H3. The average Bonchev–Trinajstić information content (AvgIpc) is 3.21. The van der Waals surface area contributed by atoms with Gasteiger partial charge in [-0.2, -0.15) is 0 Å². The Morgan fingerprint density at radius 1 is 1.17 bits per heavy atom. The van der Waals surface area contributed by atoms with Crippen molar-refractivity contribution in [2.75, 3.05) is 14.2 Å². The first-order valence-corrected chi connectivity index (χ1v) is 9.04. The molecule has 29 heavy (non-hydrogen) atoms. The summed E-state index contributed by atoms with van der Waals surface area (Å²) >= 11 is 5.87. The molecule has 0 saturated carbocycles. The van der Waals surface area contributed by atoms with E-state index in [-0.39, 0.29) is 12.5 Å². The molecule has 2 aromatic carbocycles. The maximum absolute atomic E-state index is 12.5. The number of rotatable bonds is 8. The fourth-order valence-electron chi connectivity index (χ4n) is 2.70. The second kappa shape index (κ2) is 9.25. The summed E-state index contributed by atoms with van der Waals surface area (Å²) in [6, 6.07) is 10.2. The number of aromatic nitrogens is 2. The zero-order chi connectivity index (χ0) is 20.8. The van der Waals surface area contributed by atoms with Gasteiger partial charge in [0.1, 0.15) is 0 Å². The molecular weight excluding hydrogens is 396 g/mol. The number of esters is 1. The van der Waals surface area contributed by atoms with Crippen molar-refractivity contribution in [3.63, 3.8) is 0 Å². The third kappa shape index (κ3) is 4.75. The van der Waals surface area contributed by atoms with Gasteiger partial charge in [0, 0.05) is 16.1 Å². The Morgan fingerprint density at radius 3 is 2.59 bits per heavy atom. The predicted molar refractivity (Wildman–Crippen MR) is 107 cm³/mol. The Balaban J connectivity index is 1.73. The molecule has 8 heteroatoms. The van der Waals surface area contributed by atoms with Crippen molar-refractivity contribution in [3.8, 4) is 23.0 Å². The number of hydrogen-bond donors (Lipinski definition) is 0. The number of hydrogen-bond acceptors (Lipinski definition) is 7. The van der Waals surface area contributed by atoms with Gasteiger partial charge in [0.2, 0.25) is 5.89 Å². The van der Waals surface area contributed by atoms with Crippen molar-refractivity contribution in [1.82, 2.24) is 10.2 Å². The predicted octanol–water partition coefficient (Wildman–Crippen LogP) is 4.49. The first kappa shape index (κ1) is 20.4. The number of halogens is 1. The van der Waals surface area contributed by atoms with Crippen molar-refractivity contribution in [2.45, 2.75) is 13.0 Å². The maximum Gasteiger partial charge on any atom is 0.338 e. The summed E-state index contributed by atoms with van der Waals surface area (Å²) in [4.78, 5) is 12.5. The van der Waals surface area contributed by atoms with Crippen molar-refractivity contribution in [1.29, 1.82) is 0 Å². The quantitative estimate of drug-likeness (QED) is 0.396.